The lowest BCUT2D eigenvalue weighted by atomic mass is 9.92. The van der Waals surface area contributed by atoms with Crippen molar-refractivity contribution in [3.63, 3.8) is 0 Å². The van der Waals surface area contributed by atoms with Crippen LogP contribution < -0.4 is 4.90 Å². The third-order valence-corrected chi connectivity index (χ3v) is 7.06. The number of benzene rings is 2. The highest BCUT2D eigenvalue weighted by atomic mass is 16.3. The summed E-state index contributed by atoms with van der Waals surface area (Å²) in [6, 6.07) is 16.8. The van der Waals surface area contributed by atoms with E-state index in [1.54, 1.807) is 41.3 Å². The van der Waals surface area contributed by atoms with Gasteiger partial charge in [-0.05, 0) is 61.4 Å². The molecule has 0 bridgehead atoms. The fraction of sp³-hybridized carbons (Fsp3) is 0.286. The van der Waals surface area contributed by atoms with Crippen molar-refractivity contribution in [2.45, 2.75) is 50.6 Å². The van der Waals surface area contributed by atoms with E-state index in [2.05, 4.69) is 4.98 Å². The number of hydrogen-bond acceptors (Lipinski definition) is 6. The van der Waals surface area contributed by atoms with Crippen molar-refractivity contribution in [2.75, 3.05) is 4.90 Å². The molecule has 1 saturated heterocycles. The number of anilines is 1. The molecular formula is C28H25N3O5. The molecular weight excluding hydrogens is 458 g/mol. The summed E-state index contributed by atoms with van der Waals surface area (Å²) >= 11 is 0. The summed E-state index contributed by atoms with van der Waals surface area (Å²) in [6.07, 6.45) is 6.10. The maximum absolute atomic E-state index is 13.6. The molecule has 2 aliphatic rings. The van der Waals surface area contributed by atoms with Gasteiger partial charge in [0.25, 0.3) is 11.8 Å². The number of amides is 3. The molecule has 2 fully saturated rings. The summed E-state index contributed by atoms with van der Waals surface area (Å²) in [4.78, 5) is 47.4. The van der Waals surface area contributed by atoms with Crippen molar-refractivity contribution in [1.82, 2.24) is 9.88 Å². The summed E-state index contributed by atoms with van der Waals surface area (Å²) in [7, 11) is 0. The Labute approximate surface area is 207 Å². The average molecular weight is 484 g/mol. The van der Waals surface area contributed by atoms with Gasteiger partial charge in [-0.25, -0.2) is 9.88 Å². The number of furan rings is 1. The first-order valence-corrected chi connectivity index (χ1v) is 12.3. The number of rotatable bonds is 5. The van der Waals surface area contributed by atoms with Gasteiger partial charge in [0.1, 0.15) is 11.6 Å². The van der Waals surface area contributed by atoms with E-state index in [0.29, 0.717) is 17.2 Å². The van der Waals surface area contributed by atoms with Gasteiger partial charge in [-0.15, -0.1) is 0 Å². The second-order valence-corrected chi connectivity index (χ2v) is 9.30. The molecule has 1 aliphatic carbocycles. The topological polar surface area (TPSA) is 96.9 Å². The molecule has 8 nitrogen and oxygen atoms in total. The standard InChI is InChI=1S/C28H25N3O5/c32-25-17-22(30(19-7-2-1-3-8-19)28(34)24-11-6-16-35-24)27(33)31(25)20-14-12-18(13-15-20)26-29-21-9-4-5-10-23(21)36-26/h4-6,9-16,19,22H,1-3,7-8,17H2. The summed E-state index contributed by atoms with van der Waals surface area (Å²) in [5, 5.41) is 0. The van der Waals surface area contributed by atoms with E-state index in [-0.39, 0.29) is 35.9 Å². The van der Waals surface area contributed by atoms with Crippen molar-refractivity contribution >= 4 is 34.5 Å². The number of aromatic nitrogens is 1. The number of oxazole rings is 1. The Kier molecular flexibility index (Phi) is 5.64. The van der Waals surface area contributed by atoms with Crippen LogP contribution in [0.2, 0.25) is 0 Å². The largest absolute Gasteiger partial charge is 0.459 e. The van der Waals surface area contributed by atoms with E-state index < -0.39 is 6.04 Å². The maximum atomic E-state index is 13.6. The Bertz CT molecular complexity index is 1380. The van der Waals surface area contributed by atoms with Gasteiger partial charge in [0.2, 0.25) is 11.8 Å². The van der Waals surface area contributed by atoms with Crippen LogP contribution in [-0.4, -0.2) is 39.7 Å². The van der Waals surface area contributed by atoms with E-state index in [1.807, 2.05) is 24.3 Å². The molecule has 8 heteroatoms. The van der Waals surface area contributed by atoms with Crippen LogP contribution in [0.15, 0.2) is 75.8 Å². The minimum atomic E-state index is -0.852. The number of para-hydroxylation sites is 2. The molecule has 1 aliphatic heterocycles. The first kappa shape index (κ1) is 22.3. The summed E-state index contributed by atoms with van der Waals surface area (Å²) in [5.41, 5.74) is 2.64. The van der Waals surface area contributed by atoms with E-state index in [9.17, 15) is 14.4 Å². The Morgan fingerprint density at radius 2 is 1.72 bits per heavy atom. The van der Waals surface area contributed by atoms with E-state index >= 15 is 0 Å². The molecule has 6 rings (SSSR count). The highest BCUT2D eigenvalue weighted by Crippen LogP contribution is 2.33. The summed E-state index contributed by atoms with van der Waals surface area (Å²) in [5.74, 6) is -0.409. The first-order valence-electron chi connectivity index (χ1n) is 12.3. The zero-order chi connectivity index (χ0) is 24.6. The molecule has 182 valence electrons. The second kappa shape index (κ2) is 9.11. The SMILES string of the molecule is O=C1CC(N(C(=O)c2ccco2)C2CCCCC2)C(=O)N1c1ccc(-c2nc3ccccc3o2)cc1. The number of fused-ring (bicyclic) bond motifs is 1. The molecule has 1 unspecified atom stereocenters. The second-order valence-electron chi connectivity index (χ2n) is 9.30. The molecule has 0 radical (unpaired) electrons. The highest BCUT2D eigenvalue weighted by Gasteiger charge is 2.47. The smallest absolute Gasteiger partial charge is 0.290 e. The normalized spacial score (nSPS) is 18.8. The minimum Gasteiger partial charge on any atom is -0.459 e. The minimum absolute atomic E-state index is 0.0470. The number of carbonyl (C=O) groups is 3. The van der Waals surface area contributed by atoms with Gasteiger partial charge in [0.05, 0.1) is 18.4 Å². The number of nitrogens with zero attached hydrogens (tertiary/aromatic N) is 3. The average Bonchev–Trinajstić information content (AvgIpc) is 3.65. The summed E-state index contributed by atoms with van der Waals surface area (Å²) < 4.78 is 11.2. The van der Waals surface area contributed by atoms with Gasteiger partial charge >= 0.3 is 0 Å². The van der Waals surface area contributed by atoms with Crippen molar-refractivity contribution in [1.29, 1.82) is 0 Å². The Morgan fingerprint density at radius 1 is 0.944 bits per heavy atom. The predicted molar refractivity (Wildman–Crippen MR) is 132 cm³/mol. The number of imide groups is 1. The van der Waals surface area contributed by atoms with Crippen LogP contribution in [0.1, 0.15) is 49.1 Å². The number of carbonyl (C=O) groups excluding carboxylic acids is 3. The quantitative estimate of drug-likeness (QED) is 0.362. The fourth-order valence-corrected chi connectivity index (χ4v) is 5.30. The molecule has 3 heterocycles. The van der Waals surface area contributed by atoms with Gasteiger partial charge in [-0.2, -0.15) is 0 Å². The van der Waals surface area contributed by atoms with E-state index in [1.165, 1.54) is 11.2 Å². The lowest BCUT2D eigenvalue weighted by Crippen LogP contribution is -2.51. The van der Waals surface area contributed by atoms with Crippen LogP contribution in [0.5, 0.6) is 0 Å². The zero-order valence-corrected chi connectivity index (χ0v) is 19.6. The molecule has 2 aromatic heterocycles. The first-order chi connectivity index (χ1) is 17.6. The summed E-state index contributed by atoms with van der Waals surface area (Å²) in [6.45, 7) is 0. The van der Waals surface area contributed by atoms with Crippen LogP contribution in [0, 0.1) is 0 Å². The molecule has 3 amide bonds. The third kappa shape index (κ3) is 3.88. The van der Waals surface area contributed by atoms with Gasteiger partial charge in [0.15, 0.2) is 11.3 Å². The van der Waals surface area contributed by atoms with Crippen LogP contribution in [0.4, 0.5) is 5.69 Å². The Balaban J connectivity index is 1.28. The van der Waals surface area contributed by atoms with Gasteiger partial charge < -0.3 is 13.7 Å². The lowest BCUT2D eigenvalue weighted by Gasteiger charge is -2.36. The molecule has 36 heavy (non-hydrogen) atoms. The number of hydrogen-bond donors (Lipinski definition) is 0. The third-order valence-electron chi connectivity index (χ3n) is 7.06. The van der Waals surface area contributed by atoms with Crippen molar-refractivity contribution in [3.8, 4) is 11.5 Å². The van der Waals surface area contributed by atoms with Gasteiger partial charge in [0, 0.05) is 11.6 Å². The van der Waals surface area contributed by atoms with Crippen LogP contribution >= 0.6 is 0 Å². The van der Waals surface area contributed by atoms with Crippen molar-refractivity contribution < 1.29 is 23.2 Å². The molecule has 0 N–H and O–H groups in total. The monoisotopic (exact) mass is 483 g/mol. The van der Waals surface area contributed by atoms with Crippen LogP contribution in [0.25, 0.3) is 22.6 Å². The molecule has 1 atom stereocenters. The van der Waals surface area contributed by atoms with Crippen LogP contribution in [0.3, 0.4) is 0 Å². The Morgan fingerprint density at radius 3 is 2.44 bits per heavy atom. The maximum Gasteiger partial charge on any atom is 0.290 e. The van der Waals surface area contributed by atoms with Crippen LogP contribution in [-0.2, 0) is 9.59 Å². The molecule has 2 aromatic carbocycles. The molecule has 1 saturated carbocycles. The lowest BCUT2D eigenvalue weighted by molar-refractivity contribution is -0.123. The van der Waals surface area contributed by atoms with E-state index in [0.717, 1.165) is 43.2 Å². The van der Waals surface area contributed by atoms with Gasteiger partial charge in [-0.3, -0.25) is 14.4 Å². The van der Waals surface area contributed by atoms with E-state index in [4.69, 9.17) is 8.83 Å². The fourth-order valence-electron chi connectivity index (χ4n) is 5.30. The molecule has 4 aromatic rings. The van der Waals surface area contributed by atoms with Crippen molar-refractivity contribution in [2.24, 2.45) is 0 Å². The Hall–Kier alpha value is -4.20. The predicted octanol–water partition coefficient (Wildman–Crippen LogP) is 5.19. The van der Waals surface area contributed by atoms with Gasteiger partial charge in [-0.1, -0.05) is 31.4 Å². The highest BCUT2D eigenvalue weighted by molar-refractivity contribution is 6.23. The molecule has 0 spiro atoms. The van der Waals surface area contributed by atoms with Crippen molar-refractivity contribution in [3.05, 3.63) is 72.7 Å². The zero-order valence-electron chi connectivity index (χ0n) is 19.6.